The van der Waals surface area contributed by atoms with Crippen molar-refractivity contribution >= 4 is 23.6 Å². The van der Waals surface area contributed by atoms with E-state index in [1.54, 1.807) is 0 Å². The fraction of sp³-hybridized carbons (Fsp3) is 0.357. The Morgan fingerprint density at radius 3 is 2.09 bits per heavy atom. The molecule has 5 heterocycles. The molecule has 2 aromatic rings. The van der Waals surface area contributed by atoms with E-state index in [0.717, 1.165) is 34.2 Å². The van der Waals surface area contributed by atoms with Crippen LogP contribution in [0, 0.1) is 27.7 Å². The maximum Gasteiger partial charge on any atom is 0.0774 e. The number of aliphatic imine (C=N–C) groups is 2. The summed E-state index contributed by atoms with van der Waals surface area (Å²) in [6.07, 6.45) is 7.51. The summed E-state index contributed by atoms with van der Waals surface area (Å²) in [4.78, 5) is 17.5. The Bertz CT molecular complexity index is 1460. The van der Waals surface area contributed by atoms with Gasteiger partial charge in [-0.25, -0.2) is 4.99 Å². The molecule has 8 bridgehead atoms. The molecule has 0 aromatic carbocycles. The maximum atomic E-state index is 5.13. The minimum atomic E-state index is 0.169. The van der Waals surface area contributed by atoms with Crippen LogP contribution in [0.25, 0.3) is 12.2 Å². The van der Waals surface area contributed by atoms with Crippen LogP contribution >= 0.6 is 0 Å². The standard InChI is InChI=1S/C28H32N4/c1-13-14(2)22-10-24-17(5)18(6)26(31-24)12-28-20(8)19(7)27(32-28)11-25-16(4)15(3)23(30-25)9-21(13)29-22/h9-11,26,30,32H,12H2,1-8H3/b22-10?,23-9?,25-11-. The van der Waals surface area contributed by atoms with Crippen molar-refractivity contribution in [3.8, 4) is 0 Å². The number of hydrogen-bond donors (Lipinski definition) is 2. The van der Waals surface area contributed by atoms with E-state index in [2.05, 4.69) is 83.6 Å². The summed E-state index contributed by atoms with van der Waals surface area (Å²) in [6, 6.07) is 0.169. The van der Waals surface area contributed by atoms with E-state index in [-0.39, 0.29) is 6.04 Å². The lowest BCUT2D eigenvalue weighted by atomic mass is 9.99. The minimum Gasteiger partial charge on any atom is -0.358 e. The molecule has 2 aromatic heterocycles. The van der Waals surface area contributed by atoms with Crippen molar-refractivity contribution in [2.45, 2.75) is 67.9 Å². The van der Waals surface area contributed by atoms with E-state index in [0.29, 0.717) is 0 Å². The molecule has 0 amide bonds. The average molecular weight is 425 g/mol. The number of fused-ring (bicyclic) bond motifs is 6. The van der Waals surface area contributed by atoms with Crippen LogP contribution in [0.3, 0.4) is 0 Å². The topological polar surface area (TPSA) is 56.3 Å². The number of hydrogen-bond acceptors (Lipinski definition) is 2. The Balaban J connectivity index is 1.82. The molecule has 3 aliphatic rings. The van der Waals surface area contributed by atoms with Crippen LogP contribution in [-0.2, 0) is 6.42 Å². The highest BCUT2D eigenvalue weighted by atomic mass is 14.9. The van der Waals surface area contributed by atoms with Crippen molar-refractivity contribution in [1.29, 1.82) is 0 Å². The summed E-state index contributed by atoms with van der Waals surface area (Å²) in [5.74, 6) is 0. The van der Waals surface area contributed by atoms with Gasteiger partial charge < -0.3 is 9.97 Å². The van der Waals surface area contributed by atoms with E-state index in [4.69, 9.17) is 9.98 Å². The molecule has 0 radical (unpaired) electrons. The van der Waals surface area contributed by atoms with E-state index in [1.165, 1.54) is 55.9 Å². The Hall–Kier alpha value is -3.14. The highest BCUT2D eigenvalue weighted by Crippen LogP contribution is 2.31. The third kappa shape index (κ3) is 3.04. The number of nitrogens with one attached hydrogen (secondary N) is 2. The summed E-state index contributed by atoms with van der Waals surface area (Å²) >= 11 is 0. The molecule has 0 aliphatic carbocycles. The first-order valence-electron chi connectivity index (χ1n) is 11.5. The van der Waals surface area contributed by atoms with Gasteiger partial charge in [0.05, 0.1) is 23.2 Å². The second-order valence-electron chi connectivity index (χ2n) is 9.58. The van der Waals surface area contributed by atoms with Crippen LogP contribution < -0.4 is 10.7 Å². The quantitative estimate of drug-likeness (QED) is 0.622. The zero-order chi connectivity index (χ0) is 22.9. The molecule has 164 valence electrons. The van der Waals surface area contributed by atoms with Gasteiger partial charge in [-0.1, -0.05) is 0 Å². The molecule has 4 nitrogen and oxygen atoms in total. The maximum absolute atomic E-state index is 5.13. The van der Waals surface area contributed by atoms with Gasteiger partial charge >= 0.3 is 0 Å². The predicted molar refractivity (Wildman–Crippen MR) is 135 cm³/mol. The van der Waals surface area contributed by atoms with Crippen molar-refractivity contribution in [3.63, 3.8) is 0 Å². The van der Waals surface area contributed by atoms with E-state index < -0.39 is 0 Å². The molecule has 0 fully saturated rings. The minimum absolute atomic E-state index is 0.169. The highest BCUT2D eigenvalue weighted by molar-refractivity contribution is 6.23. The molecular formula is C28H32N4. The molecule has 1 atom stereocenters. The monoisotopic (exact) mass is 424 g/mol. The number of rotatable bonds is 0. The van der Waals surface area contributed by atoms with E-state index >= 15 is 0 Å². The van der Waals surface area contributed by atoms with Crippen molar-refractivity contribution < 1.29 is 0 Å². The third-order valence-electron chi connectivity index (χ3n) is 7.93. The van der Waals surface area contributed by atoms with Crippen LogP contribution in [0.5, 0.6) is 0 Å². The van der Waals surface area contributed by atoms with Gasteiger partial charge in [0.25, 0.3) is 0 Å². The van der Waals surface area contributed by atoms with Crippen LogP contribution in [-0.4, -0.2) is 27.4 Å². The lowest BCUT2D eigenvalue weighted by molar-refractivity contribution is 0.760. The summed E-state index contributed by atoms with van der Waals surface area (Å²) in [7, 11) is 0. The molecule has 1 unspecified atom stereocenters. The lowest BCUT2D eigenvalue weighted by Crippen LogP contribution is -2.14. The number of H-pyrrole nitrogens is 2. The summed E-state index contributed by atoms with van der Waals surface area (Å²) in [6.45, 7) is 17.5. The number of nitrogens with zero attached hydrogens (tertiary/aromatic N) is 2. The van der Waals surface area contributed by atoms with E-state index in [9.17, 15) is 0 Å². The van der Waals surface area contributed by atoms with Crippen LogP contribution in [0.2, 0.25) is 0 Å². The van der Waals surface area contributed by atoms with Crippen molar-refractivity contribution in [1.82, 2.24) is 9.97 Å². The van der Waals surface area contributed by atoms with Gasteiger partial charge in [0, 0.05) is 28.5 Å². The first kappa shape index (κ1) is 20.7. The number of aromatic amines is 2. The van der Waals surface area contributed by atoms with Gasteiger partial charge in [0.15, 0.2) is 0 Å². The molecule has 0 saturated heterocycles. The van der Waals surface area contributed by atoms with Crippen LogP contribution in [0.15, 0.2) is 44.1 Å². The molecule has 0 saturated carbocycles. The molecule has 5 rings (SSSR count). The third-order valence-corrected chi connectivity index (χ3v) is 7.93. The molecule has 2 N–H and O–H groups in total. The van der Waals surface area contributed by atoms with Crippen LogP contribution in [0.1, 0.15) is 61.3 Å². The predicted octanol–water partition coefficient (Wildman–Crippen LogP) is 4.58. The van der Waals surface area contributed by atoms with Gasteiger partial charge in [-0.15, -0.1) is 0 Å². The van der Waals surface area contributed by atoms with Crippen molar-refractivity contribution in [2.24, 2.45) is 9.98 Å². The molecular weight excluding hydrogens is 392 g/mol. The fourth-order valence-electron chi connectivity index (χ4n) is 4.88. The van der Waals surface area contributed by atoms with Gasteiger partial charge in [0.2, 0.25) is 0 Å². The Morgan fingerprint density at radius 1 is 0.688 bits per heavy atom. The zero-order valence-corrected chi connectivity index (χ0v) is 20.4. The SMILES string of the molecule is CC1=C(C)C2=NC1=CC1=NC(Cc3[nH]c(c(C)c3C)/C=c3\[nH]c(c(C)c3C)=C2)C(C)=C1C. The second kappa shape index (κ2) is 7.19. The van der Waals surface area contributed by atoms with Gasteiger partial charge in [-0.3, -0.25) is 4.99 Å². The van der Waals surface area contributed by atoms with Gasteiger partial charge in [0.1, 0.15) is 0 Å². The average Bonchev–Trinajstić information content (AvgIpc) is 3.37. The summed E-state index contributed by atoms with van der Waals surface area (Å²) < 4.78 is 0. The van der Waals surface area contributed by atoms with E-state index in [1.807, 2.05) is 0 Å². The van der Waals surface area contributed by atoms with Crippen molar-refractivity contribution in [3.05, 3.63) is 78.4 Å². The van der Waals surface area contributed by atoms with Crippen LogP contribution in [0.4, 0.5) is 0 Å². The molecule has 3 aliphatic heterocycles. The molecule has 32 heavy (non-hydrogen) atoms. The fourth-order valence-corrected chi connectivity index (χ4v) is 4.88. The summed E-state index contributed by atoms with van der Waals surface area (Å²) in [5, 5.41) is 2.27. The Labute approximate surface area is 190 Å². The molecule has 0 spiro atoms. The zero-order valence-electron chi connectivity index (χ0n) is 20.4. The van der Waals surface area contributed by atoms with Gasteiger partial charge in [-0.05, 0) is 118 Å². The largest absolute Gasteiger partial charge is 0.358 e. The number of allylic oxidation sites excluding steroid dienone is 4. The van der Waals surface area contributed by atoms with Crippen molar-refractivity contribution in [2.75, 3.05) is 0 Å². The van der Waals surface area contributed by atoms with Gasteiger partial charge in [-0.2, -0.15) is 0 Å². The second-order valence-corrected chi connectivity index (χ2v) is 9.58. The Morgan fingerprint density at radius 2 is 1.38 bits per heavy atom. The summed E-state index contributed by atoms with van der Waals surface area (Å²) in [5.41, 5.74) is 15.8. The smallest absolute Gasteiger partial charge is 0.0774 e. The first-order chi connectivity index (χ1) is 15.2. The first-order valence-corrected chi connectivity index (χ1v) is 11.5. The highest BCUT2D eigenvalue weighted by Gasteiger charge is 2.25. The number of aromatic nitrogens is 2. The Kier molecular flexibility index (Phi) is 4.66. The normalized spacial score (nSPS) is 21.3. The molecule has 4 heteroatoms. The lowest BCUT2D eigenvalue weighted by Gasteiger charge is -2.09.